The van der Waals surface area contributed by atoms with Gasteiger partial charge in [-0.1, -0.05) is 176 Å². The van der Waals surface area contributed by atoms with Crippen LogP contribution in [0.5, 0.6) is 0 Å². The van der Waals surface area contributed by atoms with Crippen LogP contribution in [0.25, 0.3) is 71.3 Å². The summed E-state index contributed by atoms with van der Waals surface area (Å²) < 4.78 is 9.24. The molecule has 0 bridgehead atoms. The molecule has 0 spiro atoms. The lowest BCUT2D eigenvalue weighted by atomic mass is 9.68. The van der Waals surface area contributed by atoms with Crippen molar-refractivity contribution in [3.8, 4) is 16.8 Å². The summed E-state index contributed by atoms with van der Waals surface area (Å²) >= 11 is 0. The average molecular weight is 791 g/mol. The fraction of sp³-hybridized carbons (Fsp3) is 0.0169. The molecule has 0 aliphatic heterocycles. The minimum Gasteiger partial charge on any atom is -0.455 e. The van der Waals surface area contributed by atoms with Gasteiger partial charge in [0, 0.05) is 38.5 Å². The molecule has 3 heteroatoms. The molecule has 0 amide bonds. The zero-order valence-corrected chi connectivity index (χ0v) is 33.7. The van der Waals surface area contributed by atoms with Gasteiger partial charge in [-0.25, -0.2) is 0 Å². The first-order chi connectivity index (χ1) is 30.8. The second-order valence-electron chi connectivity index (χ2n) is 16.4. The molecule has 0 unspecified atom stereocenters. The summed E-state index contributed by atoms with van der Waals surface area (Å²) in [6.45, 7) is 0. The Morgan fingerprint density at radius 2 is 0.984 bits per heavy atom. The molecule has 0 saturated carbocycles. The highest BCUT2D eigenvalue weighted by Crippen LogP contribution is 2.60. The Hall–Kier alpha value is -8.14. The molecule has 0 radical (unpaired) electrons. The van der Waals surface area contributed by atoms with E-state index in [0.29, 0.717) is 0 Å². The van der Waals surface area contributed by atoms with E-state index in [0.717, 1.165) is 55.5 Å². The minimum absolute atomic E-state index is 0.544. The Balaban J connectivity index is 1.13. The fourth-order valence-electron chi connectivity index (χ4n) is 10.7. The monoisotopic (exact) mass is 790 g/mol. The molecule has 0 N–H and O–H groups in total. The number of rotatable bonds is 6. The van der Waals surface area contributed by atoms with E-state index < -0.39 is 5.41 Å². The van der Waals surface area contributed by atoms with Gasteiger partial charge in [0.15, 0.2) is 0 Å². The number of anilines is 3. The summed E-state index contributed by atoms with van der Waals surface area (Å²) in [5.41, 5.74) is 15.4. The van der Waals surface area contributed by atoms with Crippen molar-refractivity contribution in [2.75, 3.05) is 4.90 Å². The van der Waals surface area contributed by atoms with Gasteiger partial charge in [0.2, 0.25) is 0 Å². The van der Waals surface area contributed by atoms with Crippen molar-refractivity contribution in [1.29, 1.82) is 0 Å². The second-order valence-corrected chi connectivity index (χ2v) is 16.4. The maximum absolute atomic E-state index is 6.85. The number of para-hydroxylation sites is 3. The van der Waals surface area contributed by atoms with Crippen LogP contribution >= 0.6 is 0 Å². The fourth-order valence-corrected chi connectivity index (χ4v) is 10.7. The van der Waals surface area contributed by atoms with Crippen molar-refractivity contribution < 1.29 is 4.42 Å². The number of hydrogen-bond acceptors (Lipinski definition) is 2. The van der Waals surface area contributed by atoms with Gasteiger partial charge in [0.25, 0.3) is 0 Å². The molecule has 0 atom stereocenters. The minimum atomic E-state index is -0.544. The first kappa shape index (κ1) is 34.7. The Kier molecular flexibility index (Phi) is 7.52. The van der Waals surface area contributed by atoms with Crippen molar-refractivity contribution in [1.82, 2.24) is 4.57 Å². The van der Waals surface area contributed by atoms with Crippen LogP contribution in [0, 0.1) is 0 Å². The Bertz CT molecular complexity index is 3600. The molecule has 12 aromatic rings. The highest BCUT2D eigenvalue weighted by atomic mass is 16.3. The molecule has 1 aliphatic rings. The van der Waals surface area contributed by atoms with Crippen LogP contribution in [-0.2, 0) is 5.41 Å². The van der Waals surface area contributed by atoms with Gasteiger partial charge < -0.3 is 13.9 Å². The first-order valence-electron chi connectivity index (χ1n) is 21.4. The first-order valence-corrected chi connectivity index (χ1v) is 21.4. The molecule has 0 fully saturated rings. The summed E-state index contributed by atoms with van der Waals surface area (Å²) in [4.78, 5) is 2.49. The predicted octanol–water partition coefficient (Wildman–Crippen LogP) is 15.7. The number of hydrogen-bond donors (Lipinski definition) is 0. The average Bonchev–Trinajstić information content (AvgIpc) is 4.00. The lowest BCUT2D eigenvalue weighted by Gasteiger charge is -2.34. The predicted molar refractivity (Wildman–Crippen MR) is 258 cm³/mol. The van der Waals surface area contributed by atoms with E-state index in [4.69, 9.17) is 4.42 Å². The number of fused-ring (bicyclic) bond motifs is 11. The van der Waals surface area contributed by atoms with Gasteiger partial charge in [-0.3, -0.25) is 0 Å². The molecule has 1 aliphatic carbocycles. The molecule has 3 nitrogen and oxygen atoms in total. The Morgan fingerprint density at radius 3 is 1.69 bits per heavy atom. The van der Waals surface area contributed by atoms with E-state index in [1.165, 1.54) is 55.2 Å². The van der Waals surface area contributed by atoms with Gasteiger partial charge >= 0.3 is 0 Å². The van der Waals surface area contributed by atoms with Crippen LogP contribution in [0.3, 0.4) is 0 Å². The third-order valence-electron chi connectivity index (χ3n) is 13.2. The van der Waals surface area contributed by atoms with Gasteiger partial charge in [-0.2, -0.15) is 0 Å². The molecule has 0 saturated heterocycles. The van der Waals surface area contributed by atoms with Crippen molar-refractivity contribution in [3.63, 3.8) is 0 Å². The van der Waals surface area contributed by atoms with E-state index in [1.54, 1.807) is 0 Å². The zero-order chi connectivity index (χ0) is 40.8. The van der Waals surface area contributed by atoms with Crippen LogP contribution in [-0.4, -0.2) is 4.57 Å². The third kappa shape index (κ3) is 4.82. The molecular formula is C59H38N2O. The molecule has 290 valence electrons. The van der Waals surface area contributed by atoms with Crippen molar-refractivity contribution in [2.24, 2.45) is 0 Å². The standard InChI is InChI=1S/C59H38N2O/c1-3-19-40(20-4-1)59(41-21-5-2-6-22-41)49-28-13-9-26-47(49)56-50(59)29-17-32-53(56)61(54-38-39-18-7-8-23-44(39)58-57(54)48-27-12-16-33-55(48)62-58)43-36-34-42(35-37-43)60-51-30-14-10-24-45(51)46-25-11-15-31-52(46)60/h1-38H. The zero-order valence-electron chi connectivity index (χ0n) is 33.7. The van der Waals surface area contributed by atoms with E-state index in [2.05, 4.69) is 240 Å². The Labute approximate surface area is 359 Å². The largest absolute Gasteiger partial charge is 0.455 e. The summed E-state index contributed by atoms with van der Waals surface area (Å²) in [5, 5.41) is 6.89. The molecule has 13 rings (SSSR count). The lowest BCUT2D eigenvalue weighted by Crippen LogP contribution is -2.28. The SMILES string of the molecule is c1ccc(C2(c3ccccc3)c3ccccc3-c3c(N(c4ccc(-n5c6ccccc6c6ccccc65)cc4)c4cc5ccccc5c5oc6ccccc6c45)cccc32)cc1. The summed E-state index contributed by atoms with van der Waals surface area (Å²) in [6.07, 6.45) is 0. The van der Waals surface area contributed by atoms with Crippen LogP contribution < -0.4 is 4.90 Å². The van der Waals surface area contributed by atoms with Crippen molar-refractivity contribution in [3.05, 3.63) is 253 Å². The highest BCUT2D eigenvalue weighted by Gasteiger charge is 2.47. The molecule has 10 aromatic carbocycles. The molecule has 2 aromatic heterocycles. The highest BCUT2D eigenvalue weighted by molar-refractivity contribution is 6.22. The van der Waals surface area contributed by atoms with Crippen molar-refractivity contribution >= 4 is 71.6 Å². The number of furan rings is 1. The van der Waals surface area contributed by atoms with Crippen LogP contribution in [0.4, 0.5) is 17.1 Å². The van der Waals surface area contributed by atoms with E-state index in [1.807, 2.05) is 0 Å². The number of aromatic nitrogens is 1. The normalized spacial score (nSPS) is 13.0. The van der Waals surface area contributed by atoms with Gasteiger partial charge in [0.1, 0.15) is 11.2 Å². The van der Waals surface area contributed by atoms with Crippen LogP contribution in [0.1, 0.15) is 22.3 Å². The smallest absolute Gasteiger partial charge is 0.145 e. The third-order valence-corrected chi connectivity index (χ3v) is 13.2. The van der Waals surface area contributed by atoms with E-state index in [9.17, 15) is 0 Å². The number of nitrogens with zero attached hydrogens (tertiary/aromatic N) is 2. The van der Waals surface area contributed by atoms with Gasteiger partial charge in [-0.05, 0) is 87.8 Å². The lowest BCUT2D eigenvalue weighted by molar-refractivity contribution is 0.672. The van der Waals surface area contributed by atoms with E-state index >= 15 is 0 Å². The molecule has 2 heterocycles. The van der Waals surface area contributed by atoms with Crippen LogP contribution in [0.2, 0.25) is 0 Å². The summed E-state index contributed by atoms with van der Waals surface area (Å²) in [6, 6.07) is 84.1. The van der Waals surface area contributed by atoms with Crippen LogP contribution in [0.15, 0.2) is 235 Å². The molecular weight excluding hydrogens is 753 g/mol. The van der Waals surface area contributed by atoms with E-state index in [-0.39, 0.29) is 0 Å². The van der Waals surface area contributed by atoms with Gasteiger partial charge in [-0.15, -0.1) is 0 Å². The van der Waals surface area contributed by atoms with Crippen molar-refractivity contribution in [2.45, 2.75) is 5.41 Å². The van der Waals surface area contributed by atoms with Gasteiger partial charge in [0.05, 0.1) is 33.2 Å². The summed E-state index contributed by atoms with van der Waals surface area (Å²) in [5.74, 6) is 0. The summed E-state index contributed by atoms with van der Waals surface area (Å²) in [7, 11) is 0. The quantitative estimate of drug-likeness (QED) is 0.167. The maximum atomic E-state index is 6.85. The second kappa shape index (κ2) is 13.4. The molecule has 62 heavy (non-hydrogen) atoms. The number of benzene rings is 10. The Morgan fingerprint density at radius 1 is 0.419 bits per heavy atom. The topological polar surface area (TPSA) is 21.3 Å². The maximum Gasteiger partial charge on any atom is 0.145 e.